The van der Waals surface area contributed by atoms with E-state index in [0.717, 1.165) is 0 Å². The number of aliphatic carboxylic acids is 1. The van der Waals surface area contributed by atoms with Crippen molar-refractivity contribution in [2.75, 3.05) is 13.1 Å². The highest BCUT2D eigenvalue weighted by atomic mass is 16.4. The predicted octanol–water partition coefficient (Wildman–Crippen LogP) is -0.504. The van der Waals surface area contributed by atoms with Gasteiger partial charge in [-0.25, -0.2) is 9.78 Å². The maximum atomic E-state index is 14.1. The van der Waals surface area contributed by atoms with Gasteiger partial charge < -0.3 is 59.2 Å². The predicted molar refractivity (Wildman–Crippen MR) is 225 cm³/mol. The van der Waals surface area contributed by atoms with Gasteiger partial charge in [0.15, 0.2) is 0 Å². The van der Waals surface area contributed by atoms with Gasteiger partial charge >= 0.3 is 5.97 Å². The highest BCUT2D eigenvalue weighted by Gasteiger charge is 2.34. The number of carbonyl (C=O) groups excluding carboxylic acids is 6. The molecule has 0 radical (unpaired) electrons. The number of H-pyrrole nitrogens is 1. The number of unbranched alkanes of at least 4 members (excludes halogenated alkanes) is 2. The number of amides is 6. The lowest BCUT2D eigenvalue weighted by Crippen LogP contribution is -2.60. The molecule has 2 aromatic rings. The third-order valence-electron chi connectivity index (χ3n) is 9.78. The lowest BCUT2D eigenvalue weighted by molar-refractivity contribution is -0.142. The summed E-state index contributed by atoms with van der Waals surface area (Å²) in [7, 11) is 0. The summed E-state index contributed by atoms with van der Waals surface area (Å²) in [6, 6.07) is 1.02. The average molecular weight is 842 g/mol. The van der Waals surface area contributed by atoms with E-state index in [4.69, 9.17) is 17.2 Å². The Morgan fingerprint density at radius 2 is 1.13 bits per heavy atom. The van der Waals surface area contributed by atoms with Crippen LogP contribution >= 0.6 is 0 Å². The Balaban J connectivity index is 2.37. The van der Waals surface area contributed by atoms with Crippen LogP contribution in [0.25, 0.3) is 0 Å². The normalized spacial score (nSPS) is 14.8. The van der Waals surface area contributed by atoms with Crippen LogP contribution in [-0.2, 0) is 46.4 Å². The number of rotatable bonds is 28. The molecule has 0 fully saturated rings. The molecular formula is C41H67N11O8. The number of nitrogens with zero attached hydrogens (tertiary/aromatic N) is 1. The van der Waals surface area contributed by atoms with Gasteiger partial charge in [-0.2, -0.15) is 0 Å². The number of nitrogens with one attached hydrogen (secondary N) is 7. The Bertz CT molecular complexity index is 1660. The van der Waals surface area contributed by atoms with Gasteiger partial charge in [-0.1, -0.05) is 58.0 Å². The minimum Gasteiger partial charge on any atom is -0.480 e. The molecule has 0 aliphatic rings. The summed E-state index contributed by atoms with van der Waals surface area (Å²) in [5.41, 5.74) is 18.4. The monoisotopic (exact) mass is 842 g/mol. The van der Waals surface area contributed by atoms with E-state index in [1.165, 1.54) is 19.4 Å². The molecule has 1 aromatic carbocycles. The summed E-state index contributed by atoms with van der Waals surface area (Å²) >= 11 is 0. The molecule has 6 amide bonds. The molecule has 1 heterocycles. The molecule has 60 heavy (non-hydrogen) atoms. The van der Waals surface area contributed by atoms with Gasteiger partial charge in [-0.15, -0.1) is 0 Å². The first-order chi connectivity index (χ1) is 28.5. The van der Waals surface area contributed by atoms with Crippen molar-refractivity contribution in [1.82, 2.24) is 41.9 Å². The Morgan fingerprint density at radius 1 is 0.633 bits per heavy atom. The molecular weight excluding hydrogens is 775 g/mol. The molecule has 0 aliphatic heterocycles. The Kier molecular flexibility index (Phi) is 22.5. The van der Waals surface area contributed by atoms with E-state index in [-0.39, 0.29) is 43.9 Å². The van der Waals surface area contributed by atoms with Crippen LogP contribution < -0.4 is 49.1 Å². The van der Waals surface area contributed by atoms with Gasteiger partial charge in [0.05, 0.1) is 12.4 Å². The van der Waals surface area contributed by atoms with Crippen molar-refractivity contribution in [1.29, 1.82) is 0 Å². The van der Waals surface area contributed by atoms with Crippen LogP contribution in [0.2, 0.25) is 0 Å². The van der Waals surface area contributed by atoms with E-state index >= 15 is 0 Å². The van der Waals surface area contributed by atoms with Crippen molar-refractivity contribution >= 4 is 41.4 Å². The second-order valence-electron chi connectivity index (χ2n) is 15.8. The summed E-state index contributed by atoms with van der Waals surface area (Å²) in [6.45, 7) is 9.41. The number of carboxylic acid groups (broad SMARTS) is 1. The molecule has 19 nitrogen and oxygen atoms in total. The quantitative estimate of drug-likeness (QED) is 0.0483. The summed E-state index contributed by atoms with van der Waals surface area (Å²) < 4.78 is 0. The number of nitrogens with two attached hydrogens (primary N) is 3. The van der Waals surface area contributed by atoms with E-state index in [1.54, 1.807) is 44.2 Å². The van der Waals surface area contributed by atoms with Crippen LogP contribution in [0.15, 0.2) is 42.9 Å². The molecule has 2 rings (SSSR count). The second-order valence-corrected chi connectivity index (χ2v) is 15.8. The Labute approximate surface area is 352 Å². The van der Waals surface area contributed by atoms with Gasteiger partial charge in [0.1, 0.15) is 36.3 Å². The minimum atomic E-state index is -1.28. The molecule has 0 saturated carbocycles. The van der Waals surface area contributed by atoms with Crippen LogP contribution in [0.4, 0.5) is 0 Å². The molecule has 0 spiro atoms. The van der Waals surface area contributed by atoms with Crippen molar-refractivity contribution in [3.63, 3.8) is 0 Å². The van der Waals surface area contributed by atoms with Crippen LogP contribution in [0, 0.1) is 11.8 Å². The van der Waals surface area contributed by atoms with Gasteiger partial charge in [0.25, 0.3) is 0 Å². The van der Waals surface area contributed by atoms with E-state index in [2.05, 4.69) is 41.9 Å². The summed E-state index contributed by atoms with van der Waals surface area (Å²) in [5.74, 6) is -5.54. The fourth-order valence-electron chi connectivity index (χ4n) is 6.16. The maximum Gasteiger partial charge on any atom is 0.326 e. The number of aromatic nitrogens is 2. The first-order valence-corrected chi connectivity index (χ1v) is 20.7. The minimum absolute atomic E-state index is 0.0504. The number of carbonyl (C=O) groups is 7. The average Bonchev–Trinajstić information content (AvgIpc) is 3.72. The van der Waals surface area contributed by atoms with Crippen molar-refractivity contribution in [2.45, 2.75) is 135 Å². The van der Waals surface area contributed by atoms with E-state index in [0.29, 0.717) is 50.0 Å². The van der Waals surface area contributed by atoms with Crippen molar-refractivity contribution in [3.8, 4) is 0 Å². The lowest BCUT2D eigenvalue weighted by atomic mass is 10.00. The maximum absolute atomic E-state index is 14.1. The van der Waals surface area contributed by atoms with Crippen LogP contribution in [0.1, 0.15) is 90.8 Å². The van der Waals surface area contributed by atoms with Gasteiger partial charge in [-0.05, 0) is 82.4 Å². The van der Waals surface area contributed by atoms with Crippen LogP contribution in [-0.4, -0.2) is 112 Å². The zero-order valence-electron chi connectivity index (χ0n) is 35.5. The molecule has 0 saturated heterocycles. The van der Waals surface area contributed by atoms with Gasteiger partial charge in [0, 0.05) is 24.7 Å². The fourth-order valence-corrected chi connectivity index (χ4v) is 6.16. The third kappa shape index (κ3) is 18.3. The molecule has 334 valence electrons. The zero-order chi connectivity index (χ0) is 44.8. The van der Waals surface area contributed by atoms with Crippen LogP contribution in [0.3, 0.4) is 0 Å². The molecule has 0 aliphatic carbocycles. The third-order valence-corrected chi connectivity index (χ3v) is 9.78. The highest BCUT2D eigenvalue weighted by Crippen LogP contribution is 2.11. The Morgan fingerprint density at radius 3 is 1.67 bits per heavy atom. The first-order valence-electron chi connectivity index (χ1n) is 20.7. The van der Waals surface area contributed by atoms with Crippen molar-refractivity contribution in [3.05, 3.63) is 54.1 Å². The topological polar surface area (TPSA) is 319 Å². The number of benzene rings is 1. The lowest BCUT2D eigenvalue weighted by Gasteiger charge is -2.28. The SMILES string of the molecule is CC(C)C[C@H](NC(=O)[C@H](Cc1ccccc1)NC(=O)[C@H](C)NC(=O)[C@@H](N)C(C)C)C(=O)N[C@@H](Cc1cnc[nH]1)C(=O)N[C@@H](CCCCN)C(=O)N[C@@H](CCCCN)C(=O)O. The standard InChI is InChI=1S/C41H67N11O8/c1-24(2)19-31(51-38(56)32(20-27-13-7-6-8-14-27)50-35(53)26(5)47-40(58)34(44)25(3)4)37(55)52-33(21-28-22-45-23-46-28)39(57)48-29(15-9-11-17-42)36(54)49-30(41(59)60)16-10-12-18-43/h6-8,13-14,22-26,29-34H,9-12,15-21,42-44H2,1-5H3,(H,45,46)(H,47,58)(H,48,57)(H,49,54)(H,50,53)(H,51,56)(H,52,55)(H,59,60)/t26-,29-,30-,31-,32-,33-,34-/m0/s1. The number of hydrogen-bond acceptors (Lipinski definition) is 11. The molecule has 7 atom stereocenters. The molecule has 14 N–H and O–H groups in total. The summed E-state index contributed by atoms with van der Waals surface area (Å²) in [4.78, 5) is 101. The van der Waals surface area contributed by atoms with E-state index < -0.39 is 83.7 Å². The highest BCUT2D eigenvalue weighted by molar-refractivity contribution is 5.97. The molecule has 0 unspecified atom stereocenters. The largest absolute Gasteiger partial charge is 0.480 e. The van der Waals surface area contributed by atoms with Crippen LogP contribution in [0.5, 0.6) is 0 Å². The van der Waals surface area contributed by atoms with Gasteiger partial charge in [0.2, 0.25) is 35.4 Å². The summed E-state index contributed by atoms with van der Waals surface area (Å²) in [6.07, 6.45) is 5.29. The second kappa shape index (κ2) is 26.6. The smallest absolute Gasteiger partial charge is 0.326 e. The Hall–Kier alpha value is -5.40. The first kappa shape index (κ1) is 50.7. The molecule has 0 bridgehead atoms. The van der Waals surface area contributed by atoms with E-state index in [1.807, 2.05) is 13.8 Å². The van der Waals surface area contributed by atoms with Crippen molar-refractivity contribution in [2.24, 2.45) is 29.0 Å². The molecule has 1 aromatic heterocycles. The van der Waals surface area contributed by atoms with Crippen molar-refractivity contribution < 1.29 is 38.7 Å². The van der Waals surface area contributed by atoms with E-state index in [9.17, 15) is 38.7 Å². The fraction of sp³-hybridized carbons (Fsp3) is 0.610. The number of hydrogen-bond donors (Lipinski definition) is 11. The van der Waals surface area contributed by atoms with Gasteiger partial charge in [-0.3, -0.25) is 28.8 Å². The number of carboxylic acids is 1. The number of imidazole rings is 1. The molecule has 19 heteroatoms. The summed E-state index contributed by atoms with van der Waals surface area (Å²) in [5, 5.41) is 25.8. The zero-order valence-corrected chi connectivity index (χ0v) is 35.5. The number of aromatic amines is 1.